The second-order valence-corrected chi connectivity index (χ2v) is 7.68. The maximum absolute atomic E-state index is 3.91. The molecular formula is C5H13ISiZn. The van der Waals surface area contributed by atoms with E-state index < -0.39 is 8.07 Å². The van der Waals surface area contributed by atoms with Crippen molar-refractivity contribution < 1.29 is 19.5 Å². The molecule has 0 heterocycles. The third kappa shape index (κ3) is 133. The topological polar surface area (TPSA) is 0 Å². The van der Waals surface area contributed by atoms with E-state index in [4.69, 9.17) is 0 Å². The molecule has 0 aromatic carbocycles. The van der Waals surface area contributed by atoms with Crippen molar-refractivity contribution in [1.82, 2.24) is 0 Å². The number of rotatable bonds is 0. The first-order chi connectivity index (χ1) is 3.00. The van der Waals surface area contributed by atoms with Crippen LogP contribution in [0.2, 0.25) is 19.6 Å². The monoisotopic (exact) mass is 292 g/mol. The van der Waals surface area contributed by atoms with Crippen molar-refractivity contribution in [2.24, 2.45) is 0 Å². The van der Waals surface area contributed by atoms with Crippen molar-refractivity contribution in [3.63, 3.8) is 0 Å². The molecule has 46 valence electrons. The van der Waals surface area contributed by atoms with Crippen LogP contribution in [0.3, 0.4) is 0 Å². The van der Waals surface area contributed by atoms with Crippen LogP contribution in [-0.2, 0) is 19.5 Å². The summed E-state index contributed by atoms with van der Waals surface area (Å²) in [4.78, 5) is 3.22. The predicted molar refractivity (Wildman–Crippen MR) is 48.1 cm³/mol. The van der Waals surface area contributed by atoms with Crippen molar-refractivity contribution in [3.8, 4) is 0 Å². The Morgan fingerprint density at radius 1 is 1.12 bits per heavy atom. The molecule has 0 aromatic heterocycles. The van der Waals surface area contributed by atoms with E-state index in [1.807, 2.05) is 22.6 Å². The first-order valence-corrected chi connectivity index (χ1v) is 7.35. The van der Waals surface area contributed by atoms with Crippen molar-refractivity contribution >= 4 is 30.7 Å². The summed E-state index contributed by atoms with van der Waals surface area (Å²) in [6.45, 7) is 10.6. The predicted octanol–water partition coefficient (Wildman–Crippen LogP) is 2.91. The van der Waals surface area contributed by atoms with Crippen LogP contribution < -0.4 is 0 Å². The average Bonchev–Trinajstić information content (AvgIpc) is 1.36. The van der Waals surface area contributed by atoms with Crippen LogP contribution >= 0.6 is 22.6 Å². The fourth-order valence-corrected chi connectivity index (χ4v) is 0. The van der Waals surface area contributed by atoms with E-state index in [1.165, 1.54) is 0 Å². The molecule has 0 aromatic rings. The summed E-state index contributed by atoms with van der Waals surface area (Å²) in [5.41, 5.74) is 0. The minimum atomic E-state index is -0.861. The zero-order valence-electron chi connectivity index (χ0n) is 6.00. The fourth-order valence-electron chi connectivity index (χ4n) is 0. The molecule has 0 nitrogen and oxygen atoms in total. The molecule has 0 bridgehead atoms. The Morgan fingerprint density at radius 2 is 1.12 bits per heavy atom. The maximum atomic E-state index is 3.91. The average molecular weight is 294 g/mol. The molecule has 0 rings (SSSR count). The molecule has 8 heavy (non-hydrogen) atoms. The molecule has 0 spiro atoms. The molecule has 0 unspecified atom stereocenters. The third-order valence-electron chi connectivity index (χ3n) is 0. The number of halogens is 1. The van der Waals surface area contributed by atoms with Gasteiger partial charge in [-0.3, -0.25) is 4.93 Å². The SMILES string of the molecule is [CH2-]I.[CH2-][Si](C)(C)C.[Zn+2]. The smallest absolute Gasteiger partial charge is 0.342 e. The molecule has 0 aliphatic carbocycles. The van der Waals surface area contributed by atoms with Gasteiger partial charge in [-0.05, 0) is 0 Å². The van der Waals surface area contributed by atoms with Crippen molar-refractivity contribution in [2.45, 2.75) is 19.6 Å². The number of hydrogen-bond acceptors (Lipinski definition) is 0. The van der Waals surface area contributed by atoms with E-state index in [9.17, 15) is 0 Å². The summed E-state index contributed by atoms with van der Waals surface area (Å²) >= 11 is 1.90. The normalized spacial score (nSPS) is 8.25. The molecule has 0 N–H and O–H groups in total. The molecule has 0 aliphatic heterocycles. The van der Waals surface area contributed by atoms with Crippen LogP contribution in [0.1, 0.15) is 0 Å². The third-order valence-corrected chi connectivity index (χ3v) is 0. The summed E-state index contributed by atoms with van der Waals surface area (Å²) in [6.07, 6.45) is 0. The quantitative estimate of drug-likeness (QED) is 0.366. The minimum absolute atomic E-state index is 0. The summed E-state index contributed by atoms with van der Waals surface area (Å²) in [7, 11) is -0.861. The van der Waals surface area contributed by atoms with Gasteiger partial charge in [0.15, 0.2) is 0 Å². The zero-order chi connectivity index (χ0) is 6.50. The van der Waals surface area contributed by atoms with Gasteiger partial charge in [-0.2, -0.15) is 0 Å². The maximum Gasteiger partial charge on any atom is 2.00 e. The van der Waals surface area contributed by atoms with Crippen LogP contribution in [0, 0.1) is 11.5 Å². The van der Waals surface area contributed by atoms with E-state index in [0.717, 1.165) is 0 Å². The van der Waals surface area contributed by atoms with Crippen LogP contribution in [-0.4, -0.2) is 8.07 Å². The van der Waals surface area contributed by atoms with E-state index >= 15 is 0 Å². The first kappa shape index (κ1) is 16.3. The summed E-state index contributed by atoms with van der Waals surface area (Å²) in [5.74, 6) is 0. The Hall–Kier alpha value is 1.57. The van der Waals surface area contributed by atoms with Gasteiger partial charge >= 0.3 is 19.5 Å². The fraction of sp³-hybridized carbons (Fsp3) is 0.600. The minimum Gasteiger partial charge on any atom is -0.342 e. The largest absolute Gasteiger partial charge is 2.00 e. The van der Waals surface area contributed by atoms with Gasteiger partial charge in [0.1, 0.15) is 0 Å². The summed E-state index contributed by atoms with van der Waals surface area (Å²) in [6, 6.07) is 0. The van der Waals surface area contributed by atoms with Crippen LogP contribution in [0.4, 0.5) is 0 Å². The van der Waals surface area contributed by atoms with Gasteiger partial charge in [0.05, 0.1) is 0 Å². The van der Waals surface area contributed by atoms with Gasteiger partial charge in [0.2, 0.25) is 0 Å². The van der Waals surface area contributed by atoms with E-state index in [-0.39, 0.29) is 19.5 Å². The van der Waals surface area contributed by atoms with E-state index in [2.05, 4.69) is 31.1 Å². The molecule has 0 fully saturated rings. The molecule has 0 radical (unpaired) electrons. The van der Waals surface area contributed by atoms with Gasteiger partial charge in [-0.25, -0.2) is 0 Å². The molecule has 0 amide bonds. The van der Waals surface area contributed by atoms with Gasteiger partial charge in [0, 0.05) is 0 Å². The van der Waals surface area contributed by atoms with Crippen molar-refractivity contribution in [2.75, 3.05) is 0 Å². The Kier molecular flexibility index (Phi) is 17.4. The Morgan fingerprint density at radius 3 is 1.12 bits per heavy atom. The van der Waals surface area contributed by atoms with E-state index in [1.54, 1.807) is 0 Å². The molecule has 0 saturated heterocycles. The molecule has 0 atom stereocenters. The van der Waals surface area contributed by atoms with Crippen LogP contribution in [0.15, 0.2) is 0 Å². The molecule has 0 saturated carbocycles. The summed E-state index contributed by atoms with van der Waals surface area (Å²) in [5, 5.41) is 0. The molecular weight excluding hydrogens is 280 g/mol. The van der Waals surface area contributed by atoms with Gasteiger partial charge in [-0.1, -0.05) is 19.6 Å². The Balaban J connectivity index is -0.0000000750. The second kappa shape index (κ2) is 8.57. The van der Waals surface area contributed by atoms with Crippen molar-refractivity contribution in [3.05, 3.63) is 11.5 Å². The number of hydrogen-bond donors (Lipinski definition) is 0. The van der Waals surface area contributed by atoms with Gasteiger partial charge in [0.25, 0.3) is 0 Å². The standard InChI is InChI=1S/C4H11Si.CH2I.Zn/c1-5(2,3)4;1-2;/h1H2,2-4H3;1H2;/q2*-1;+2. The van der Waals surface area contributed by atoms with Crippen LogP contribution in [0.5, 0.6) is 0 Å². The van der Waals surface area contributed by atoms with Crippen LogP contribution in [0.25, 0.3) is 0 Å². The summed E-state index contributed by atoms with van der Waals surface area (Å²) < 4.78 is 0. The first-order valence-electron chi connectivity index (χ1n) is 2.12. The van der Waals surface area contributed by atoms with E-state index in [0.29, 0.717) is 0 Å². The molecule has 0 aliphatic rings. The van der Waals surface area contributed by atoms with Gasteiger partial charge in [-0.15, -0.1) is 8.07 Å². The Labute approximate surface area is 80.7 Å². The van der Waals surface area contributed by atoms with Gasteiger partial charge < -0.3 is 29.1 Å². The van der Waals surface area contributed by atoms with Crippen molar-refractivity contribution in [1.29, 1.82) is 0 Å². The zero-order valence-corrected chi connectivity index (χ0v) is 12.1. The molecule has 3 heteroatoms. The second-order valence-electron chi connectivity index (χ2n) is 2.56. The Bertz CT molecular complexity index is 27.9.